The summed E-state index contributed by atoms with van der Waals surface area (Å²) in [7, 11) is -4.79. The maximum atomic E-state index is 12.7. The standard InChI is InChI=1S/C10H9F6O3P/c1-20(17,18)19-8(10(14,15)16)6-3-2-4-7(5-6)9(11,12)13/h2-5,8H,1H3,(H,17,18)/p-1/t8-/m0/s1. The molecule has 0 saturated heterocycles. The van der Waals surface area contributed by atoms with Gasteiger partial charge in [-0.05, 0) is 17.7 Å². The molecule has 0 saturated carbocycles. The largest absolute Gasteiger partial charge is 0.779 e. The molecule has 0 radical (unpaired) electrons. The lowest BCUT2D eigenvalue weighted by Gasteiger charge is -2.28. The average Bonchev–Trinajstić information content (AvgIpc) is 2.22. The lowest BCUT2D eigenvalue weighted by atomic mass is 10.1. The average molecular weight is 321 g/mol. The fourth-order valence-corrected chi connectivity index (χ4v) is 2.00. The minimum Gasteiger partial charge on any atom is -0.779 e. The molecular formula is C10H8F6O3P-. The van der Waals surface area contributed by atoms with E-state index in [4.69, 9.17) is 0 Å². The summed E-state index contributed by atoms with van der Waals surface area (Å²) < 4.78 is 90.1. The van der Waals surface area contributed by atoms with Gasteiger partial charge in [0.1, 0.15) is 7.60 Å². The third-order valence-electron chi connectivity index (χ3n) is 2.11. The van der Waals surface area contributed by atoms with Crippen LogP contribution in [0.3, 0.4) is 0 Å². The Labute approximate surface area is 109 Å². The van der Waals surface area contributed by atoms with Crippen molar-refractivity contribution in [3.63, 3.8) is 0 Å². The summed E-state index contributed by atoms with van der Waals surface area (Å²) in [5.74, 6) is 0. The number of halogens is 6. The fourth-order valence-electron chi connectivity index (χ4n) is 1.38. The zero-order chi connectivity index (χ0) is 15.8. The van der Waals surface area contributed by atoms with Crippen molar-refractivity contribution < 1.29 is 40.3 Å². The van der Waals surface area contributed by atoms with Crippen LogP contribution in [-0.4, -0.2) is 12.8 Å². The predicted octanol–water partition coefficient (Wildman–Crippen LogP) is 3.51. The van der Waals surface area contributed by atoms with Crippen molar-refractivity contribution in [2.24, 2.45) is 0 Å². The molecule has 0 aliphatic carbocycles. The molecule has 0 aromatic heterocycles. The second-order valence-corrected chi connectivity index (χ2v) is 5.68. The van der Waals surface area contributed by atoms with Gasteiger partial charge in [0.15, 0.2) is 6.10 Å². The van der Waals surface area contributed by atoms with Crippen LogP contribution in [0.2, 0.25) is 0 Å². The first kappa shape index (κ1) is 17.0. The Morgan fingerprint density at radius 2 is 1.75 bits per heavy atom. The highest BCUT2D eigenvalue weighted by Gasteiger charge is 2.44. The van der Waals surface area contributed by atoms with Gasteiger partial charge in [0.05, 0.1) is 5.56 Å². The minimum atomic E-state index is -5.17. The van der Waals surface area contributed by atoms with E-state index in [-0.39, 0.29) is 6.07 Å². The third-order valence-corrected chi connectivity index (χ3v) is 2.70. The summed E-state index contributed by atoms with van der Waals surface area (Å²) in [5.41, 5.74) is -2.27. The van der Waals surface area contributed by atoms with Gasteiger partial charge >= 0.3 is 12.4 Å². The van der Waals surface area contributed by atoms with Crippen molar-refractivity contribution in [1.29, 1.82) is 0 Å². The quantitative estimate of drug-likeness (QED) is 0.632. The molecule has 20 heavy (non-hydrogen) atoms. The summed E-state index contributed by atoms with van der Waals surface area (Å²) in [6.07, 6.45) is -13.0. The number of rotatable bonds is 3. The SMILES string of the molecule is CP(=O)([O-])O[C@@H](c1cccc(C(F)(F)F)c1)C(F)(F)F. The van der Waals surface area contributed by atoms with E-state index in [0.29, 0.717) is 18.8 Å². The lowest BCUT2D eigenvalue weighted by Crippen LogP contribution is -2.25. The summed E-state index contributed by atoms with van der Waals surface area (Å²) in [4.78, 5) is 10.8. The molecule has 0 heterocycles. The Kier molecular flexibility index (Phi) is 4.58. The molecule has 3 nitrogen and oxygen atoms in total. The number of benzene rings is 1. The molecule has 1 aromatic rings. The van der Waals surface area contributed by atoms with Gasteiger partial charge in [-0.1, -0.05) is 12.1 Å². The van der Waals surface area contributed by atoms with Crippen molar-refractivity contribution in [1.82, 2.24) is 0 Å². The number of hydrogen-bond acceptors (Lipinski definition) is 3. The minimum absolute atomic E-state index is 0.202. The van der Waals surface area contributed by atoms with E-state index in [1.807, 2.05) is 0 Å². The van der Waals surface area contributed by atoms with Gasteiger partial charge in [-0.25, -0.2) is 0 Å². The zero-order valence-electron chi connectivity index (χ0n) is 9.83. The molecule has 2 atom stereocenters. The second-order valence-electron chi connectivity index (χ2n) is 3.92. The van der Waals surface area contributed by atoms with E-state index < -0.39 is 37.2 Å². The maximum absolute atomic E-state index is 12.7. The first-order chi connectivity index (χ1) is 8.81. The summed E-state index contributed by atoms with van der Waals surface area (Å²) in [5, 5.41) is 0. The van der Waals surface area contributed by atoms with Gasteiger partial charge in [0, 0.05) is 6.66 Å². The van der Waals surface area contributed by atoms with Crippen LogP contribution >= 0.6 is 7.60 Å². The molecule has 0 fully saturated rings. The first-order valence-electron chi connectivity index (χ1n) is 5.01. The van der Waals surface area contributed by atoms with E-state index in [0.717, 1.165) is 6.07 Å². The highest BCUT2D eigenvalue weighted by molar-refractivity contribution is 7.50. The number of alkyl halides is 6. The molecule has 1 rings (SSSR count). The molecular weight excluding hydrogens is 313 g/mol. The van der Waals surface area contributed by atoms with Gasteiger partial charge in [-0.3, -0.25) is 0 Å². The van der Waals surface area contributed by atoms with Gasteiger partial charge in [0.25, 0.3) is 0 Å². The van der Waals surface area contributed by atoms with E-state index in [9.17, 15) is 35.8 Å². The molecule has 0 amide bonds. The Morgan fingerprint density at radius 1 is 1.20 bits per heavy atom. The maximum Gasteiger partial charge on any atom is 0.419 e. The fraction of sp³-hybridized carbons (Fsp3) is 0.400. The van der Waals surface area contributed by atoms with Crippen LogP contribution in [0.15, 0.2) is 24.3 Å². The van der Waals surface area contributed by atoms with Crippen LogP contribution < -0.4 is 4.89 Å². The van der Waals surface area contributed by atoms with Crippen molar-refractivity contribution in [3.8, 4) is 0 Å². The molecule has 0 aliphatic rings. The van der Waals surface area contributed by atoms with Crippen LogP contribution in [0.5, 0.6) is 0 Å². The molecule has 114 valence electrons. The summed E-state index contributed by atoms with van der Waals surface area (Å²) in [6, 6.07) is 2.22. The summed E-state index contributed by atoms with van der Waals surface area (Å²) in [6.45, 7) is 0.402. The van der Waals surface area contributed by atoms with Gasteiger partial charge in [-0.15, -0.1) is 0 Å². The smallest absolute Gasteiger partial charge is 0.419 e. The third kappa shape index (κ3) is 4.81. The van der Waals surface area contributed by atoms with Crippen LogP contribution in [0.25, 0.3) is 0 Å². The Balaban J connectivity index is 3.25. The second kappa shape index (κ2) is 5.38. The van der Waals surface area contributed by atoms with Gasteiger partial charge < -0.3 is 14.0 Å². The van der Waals surface area contributed by atoms with Crippen LogP contribution in [0, 0.1) is 0 Å². The van der Waals surface area contributed by atoms with Crippen molar-refractivity contribution in [2.45, 2.75) is 18.5 Å². The molecule has 10 heteroatoms. The van der Waals surface area contributed by atoms with Crippen molar-refractivity contribution in [2.75, 3.05) is 6.66 Å². The van der Waals surface area contributed by atoms with Crippen molar-refractivity contribution in [3.05, 3.63) is 35.4 Å². The molecule has 0 spiro atoms. The van der Waals surface area contributed by atoms with Crippen molar-refractivity contribution >= 4 is 7.60 Å². The van der Waals surface area contributed by atoms with Gasteiger partial charge in [0.2, 0.25) is 0 Å². The highest BCUT2D eigenvalue weighted by atomic mass is 31.2. The normalized spacial score (nSPS) is 17.6. The van der Waals surface area contributed by atoms with Crippen LogP contribution in [-0.2, 0) is 15.3 Å². The van der Waals surface area contributed by atoms with E-state index in [1.54, 1.807) is 0 Å². The first-order valence-corrected chi connectivity index (χ1v) is 7.00. The predicted molar refractivity (Wildman–Crippen MR) is 54.9 cm³/mol. The Bertz CT molecular complexity index is 518. The van der Waals surface area contributed by atoms with Crippen LogP contribution in [0.4, 0.5) is 26.3 Å². The molecule has 0 bridgehead atoms. The zero-order valence-corrected chi connectivity index (χ0v) is 10.7. The highest BCUT2D eigenvalue weighted by Crippen LogP contribution is 2.47. The monoisotopic (exact) mass is 321 g/mol. The molecule has 1 aromatic carbocycles. The van der Waals surface area contributed by atoms with E-state index in [1.165, 1.54) is 0 Å². The van der Waals surface area contributed by atoms with Gasteiger partial charge in [-0.2, -0.15) is 26.3 Å². The van der Waals surface area contributed by atoms with Crippen LogP contribution in [0.1, 0.15) is 17.2 Å². The topological polar surface area (TPSA) is 49.4 Å². The van der Waals surface area contributed by atoms with E-state index >= 15 is 0 Å². The lowest BCUT2D eigenvalue weighted by molar-refractivity contribution is -0.239. The summed E-state index contributed by atoms with van der Waals surface area (Å²) >= 11 is 0. The Morgan fingerprint density at radius 3 is 2.15 bits per heavy atom. The van der Waals surface area contributed by atoms with E-state index in [2.05, 4.69) is 4.52 Å². The molecule has 0 N–H and O–H groups in total. The molecule has 1 unspecified atom stereocenters. The number of hydrogen-bond donors (Lipinski definition) is 0. The Hall–Kier alpha value is -1.05. The molecule has 0 aliphatic heterocycles.